The second-order valence-electron chi connectivity index (χ2n) is 5.33. The van der Waals surface area contributed by atoms with Crippen molar-refractivity contribution in [1.29, 1.82) is 0 Å². The van der Waals surface area contributed by atoms with Crippen LogP contribution < -0.4 is 4.74 Å². The normalized spacial score (nSPS) is 16.2. The zero-order valence-corrected chi connectivity index (χ0v) is 12.5. The van der Waals surface area contributed by atoms with Gasteiger partial charge in [-0.2, -0.15) is 0 Å². The largest absolute Gasteiger partial charge is 0.504 e. The van der Waals surface area contributed by atoms with Gasteiger partial charge in [0.05, 0.1) is 12.7 Å². The van der Waals surface area contributed by atoms with Gasteiger partial charge in [0.25, 0.3) is 0 Å². The van der Waals surface area contributed by atoms with E-state index in [4.69, 9.17) is 4.74 Å². The van der Waals surface area contributed by atoms with Crippen molar-refractivity contribution in [3.05, 3.63) is 23.8 Å². The van der Waals surface area contributed by atoms with E-state index in [9.17, 15) is 10.2 Å². The summed E-state index contributed by atoms with van der Waals surface area (Å²) in [4.78, 5) is 2.06. The predicted octanol–water partition coefficient (Wildman–Crippen LogP) is 2.20. The lowest BCUT2D eigenvalue weighted by Crippen LogP contribution is -2.38. The van der Waals surface area contributed by atoms with Crippen molar-refractivity contribution < 1.29 is 14.9 Å². The Morgan fingerprint density at radius 2 is 2.00 bits per heavy atom. The van der Waals surface area contributed by atoms with Crippen LogP contribution in [0.2, 0.25) is 0 Å². The van der Waals surface area contributed by atoms with Crippen LogP contribution in [0.15, 0.2) is 18.2 Å². The molecule has 0 heterocycles. The van der Waals surface area contributed by atoms with Gasteiger partial charge in [0.15, 0.2) is 11.5 Å². The number of nitrogens with zero attached hydrogens (tertiary/aromatic N) is 1. The minimum Gasteiger partial charge on any atom is -0.504 e. The average molecular weight is 267 g/mol. The number of hydrogen-bond acceptors (Lipinski definition) is 4. The summed E-state index contributed by atoms with van der Waals surface area (Å²) in [5.74, 6) is 0.549. The fraction of sp³-hybridized carbons (Fsp3) is 0.600. The topological polar surface area (TPSA) is 52.9 Å². The third-order valence-electron chi connectivity index (χ3n) is 3.67. The molecule has 2 N–H and O–H groups in total. The summed E-state index contributed by atoms with van der Waals surface area (Å²) in [5, 5.41) is 20.6. The van der Waals surface area contributed by atoms with E-state index in [1.165, 1.54) is 7.11 Å². The molecule has 4 nitrogen and oxygen atoms in total. The molecule has 19 heavy (non-hydrogen) atoms. The summed E-state index contributed by atoms with van der Waals surface area (Å²) in [6.45, 7) is 4.78. The van der Waals surface area contributed by atoms with E-state index in [0.717, 1.165) is 12.1 Å². The predicted molar refractivity (Wildman–Crippen MR) is 76.6 cm³/mol. The Morgan fingerprint density at radius 1 is 1.37 bits per heavy atom. The molecular weight excluding hydrogens is 242 g/mol. The summed E-state index contributed by atoms with van der Waals surface area (Å²) < 4.78 is 5.11. The number of hydrogen-bond donors (Lipinski definition) is 2. The van der Waals surface area contributed by atoms with E-state index in [1.54, 1.807) is 18.2 Å². The van der Waals surface area contributed by atoms with Crippen molar-refractivity contribution in [1.82, 2.24) is 4.90 Å². The quantitative estimate of drug-likeness (QED) is 0.829. The number of phenols is 1. The number of ether oxygens (including phenoxy) is 1. The van der Waals surface area contributed by atoms with Crippen molar-refractivity contribution in [3.63, 3.8) is 0 Å². The molecule has 0 spiro atoms. The number of phenolic OH excluding ortho intramolecular Hbond substituents is 1. The molecule has 1 aromatic rings. The zero-order chi connectivity index (χ0) is 14.6. The SMILES string of the molecule is CCC(O)(c1ccc(O)c(OC)c1)C(C)CN(C)C. The molecule has 0 bridgehead atoms. The molecule has 0 aliphatic heterocycles. The van der Waals surface area contributed by atoms with Gasteiger partial charge in [0.1, 0.15) is 0 Å². The molecule has 2 unspecified atom stereocenters. The van der Waals surface area contributed by atoms with Crippen LogP contribution in [0.5, 0.6) is 11.5 Å². The van der Waals surface area contributed by atoms with Gasteiger partial charge in [-0.15, -0.1) is 0 Å². The number of rotatable bonds is 6. The summed E-state index contributed by atoms with van der Waals surface area (Å²) in [5.41, 5.74) is -0.148. The van der Waals surface area contributed by atoms with Crippen molar-refractivity contribution in [2.75, 3.05) is 27.7 Å². The highest BCUT2D eigenvalue weighted by Crippen LogP contribution is 2.37. The van der Waals surface area contributed by atoms with Gasteiger partial charge in [-0.3, -0.25) is 0 Å². The summed E-state index contributed by atoms with van der Waals surface area (Å²) in [6, 6.07) is 5.04. The molecule has 0 radical (unpaired) electrons. The maximum Gasteiger partial charge on any atom is 0.160 e. The van der Waals surface area contributed by atoms with Crippen LogP contribution in [-0.4, -0.2) is 42.9 Å². The molecule has 2 atom stereocenters. The fourth-order valence-electron chi connectivity index (χ4n) is 2.48. The van der Waals surface area contributed by atoms with E-state index in [2.05, 4.69) is 4.90 Å². The first-order valence-corrected chi connectivity index (χ1v) is 6.59. The smallest absolute Gasteiger partial charge is 0.160 e. The standard InChI is InChI=1S/C15H25NO3/c1-6-15(18,11(2)10-16(3)4)12-7-8-13(17)14(9-12)19-5/h7-9,11,17-18H,6,10H2,1-5H3. The van der Waals surface area contributed by atoms with Crippen LogP contribution in [0.3, 0.4) is 0 Å². The second kappa shape index (κ2) is 6.26. The van der Waals surface area contributed by atoms with E-state index >= 15 is 0 Å². The molecule has 108 valence electrons. The third kappa shape index (κ3) is 3.39. The lowest BCUT2D eigenvalue weighted by atomic mass is 9.80. The number of aromatic hydroxyl groups is 1. The summed E-state index contributed by atoms with van der Waals surface area (Å²) in [6.07, 6.45) is 0.607. The first-order valence-electron chi connectivity index (χ1n) is 6.59. The lowest BCUT2D eigenvalue weighted by Gasteiger charge is -2.35. The fourth-order valence-corrected chi connectivity index (χ4v) is 2.48. The Bertz CT molecular complexity index is 420. The second-order valence-corrected chi connectivity index (χ2v) is 5.33. The van der Waals surface area contributed by atoms with Crippen LogP contribution in [0, 0.1) is 5.92 Å². The average Bonchev–Trinajstić information content (AvgIpc) is 2.37. The van der Waals surface area contributed by atoms with Crippen molar-refractivity contribution in [3.8, 4) is 11.5 Å². The third-order valence-corrected chi connectivity index (χ3v) is 3.67. The highest BCUT2D eigenvalue weighted by atomic mass is 16.5. The van der Waals surface area contributed by atoms with E-state index in [1.807, 2.05) is 27.9 Å². The molecule has 0 saturated heterocycles. The molecule has 0 aliphatic rings. The van der Waals surface area contributed by atoms with Crippen LogP contribution in [0.25, 0.3) is 0 Å². The molecule has 0 saturated carbocycles. The Kier molecular flexibility index (Phi) is 5.20. The minimum atomic E-state index is -0.925. The van der Waals surface area contributed by atoms with Crippen LogP contribution in [0.4, 0.5) is 0 Å². The zero-order valence-electron chi connectivity index (χ0n) is 12.5. The van der Waals surface area contributed by atoms with Gasteiger partial charge in [0.2, 0.25) is 0 Å². The lowest BCUT2D eigenvalue weighted by molar-refractivity contribution is -0.0293. The first-order chi connectivity index (χ1) is 8.85. The summed E-state index contributed by atoms with van der Waals surface area (Å²) >= 11 is 0. The minimum absolute atomic E-state index is 0.0711. The van der Waals surface area contributed by atoms with Crippen molar-refractivity contribution in [2.24, 2.45) is 5.92 Å². The molecular formula is C15H25NO3. The Balaban J connectivity index is 3.13. The molecule has 1 aromatic carbocycles. The molecule has 0 aromatic heterocycles. The van der Waals surface area contributed by atoms with Crippen LogP contribution in [-0.2, 0) is 5.60 Å². The molecule has 1 rings (SSSR count). The maximum atomic E-state index is 11.0. The van der Waals surface area contributed by atoms with E-state index in [-0.39, 0.29) is 11.7 Å². The van der Waals surface area contributed by atoms with Gasteiger partial charge in [-0.25, -0.2) is 0 Å². The molecule has 0 aliphatic carbocycles. The maximum absolute atomic E-state index is 11.0. The van der Waals surface area contributed by atoms with Crippen molar-refractivity contribution in [2.45, 2.75) is 25.9 Å². The number of aliphatic hydroxyl groups is 1. The van der Waals surface area contributed by atoms with Crippen molar-refractivity contribution >= 4 is 0 Å². The number of methoxy groups -OCH3 is 1. The Hall–Kier alpha value is -1.26. The van der Waals surface area contributed by atoms with E-state index < -0.39 is 5.60 Å². The van der Waals surface area contributed by atoms with E-state index in [0.29, 0.717) is 12.2 Å². The van der Waals surface area contributed by atoms with Crippen LogP contribution >= 0.6 is 0 Å². The highest BCUT2D eigenvalue weighted by Gasteiger charge is 2.34. The molecule has 0 fully saturated rings. The molecule has 4 heteroatoms. The van der Waals surface area contributed by atoms with Gasteiger partial charge in [-0.1, -0.05) is 19.9 Å². The highest BCUT2D eigenvalue weighted by molar-refractivity contribution is 5.43. The Labute approximate surface area is 115 Å². The summed E-state index contributed by atoms with van der Waals surface area (Å²) in [7, 11) is 5.49. The Morgan fingerprint density at radius 3 is 2.47 bits per heavy atom. The molecule has 0 amide bonds. The van der Waals surface area contributed by atoms with Gasteiger partial charge < -0.3 is 19.8 Å². The van der Waals surface area contributed by atoms with Gasteiger partial charge in [0, 0.05) is 12.5 Å². The van der Waals surface area contributed by atoms with Gasteiger partial charge >= 0.3 is 0 Å². The number of benzene rings is 1. The van der Waals surface area contributed by atoms with Crippen LogP contribution in [0.1, 0.15) is 25.8 Å². The first kappa shape index (κ1) is 15.8. The van der Waals surface area contributed by atoms with Gasteiger partial charge in [-0.05, 0) is 38.2 Å². The monoisotopic (exact) mass is 267 g/mol.